The second kappa shape index (κ2) is 18.2. The molecule has 0 aromatic heterocycles. The SMILES string of the molecule is CC(C)[C@@H]1C(=O)NC=CN1C(=O)OCc1ccccc1.COC(C)CNC(=O)[C@H](NC(=O)OCc1ccccc1)C(C)C. The first-order chi connectivity index (χ1) is 20.5. The molecule has 11 nitrogen and oxygen atoms in total. The van der Waals surface area contributed by atoms with Crippen LogP contribution in [0.4, 0.5) is 9.59 Å². The summed E-state index contributed by atoms with van der Waals surface area (Å²) >= 11 is 0. The summed E-state index contributed by atoms with van der Waals surface area (Å²) in [6.45, 7) is 10.1. The molecule has 43 heavy (non-hydrogen) atoms. The van der Waals surface area contributed by atoms with Gasteiger partial charge in [-0.25, -0.2) is 9.59 Å². The van der Waals surface area contributed by atoms with E-state index < -0.39 is 24.3 Å². The largest absolute Gasteiger partial charge is 0.445 e. The van der Waals surface area contributed by atoms with Crippen LogP contribution in [0.15, 0.2) is 73.1 Å². The zero-order chi connectivity index (χ0) is 31.8. The van der Waals surface area contributed by atoms with Crippen molar-refractivity contribution >= 4 is 24.0 Å². The lowest BCUT2D eigenvalue weighted by Crippen LogP contribution is -2.51. The number of nitrogens with one attached hydrogen (secondary N) is 3. The van der Waals surface area contributed by atoms with Gasteiger partial charge in [0.1, 0.15) is 25.3 Å². The Morgan fingerprint density at radius 1 is 0.884 bits per heavy atom. The van der Waals surface area contributed by atoms with Gasteiger partial charge in [0.25, 0.3) is 0 Å². The lowest BCUT2D eigenvalue weighted by Gasteiger charge is -2.32. The molecule has 1 aliphatic rings. The zero-order valence-corrected chi connectivity index (χ0v) is 25.7. The van der Waals surface area contributed by atoms with Crippen molar-refractivity contribution in [2.45, 2.75) is 66.0 Å². The van der Waals surface area contributed by atoms with E-state index >= 15 is 0 Å². The van der Waals surface area contributed by atoms with Gasteiger partial charge in [-0.05, 0) is 29.9 Å². The van der Waals surface area contributed by atoms with Crippen molar-refractivity contribution < 1.29 is 33.4 Å². The maximum absolute atomic E-state index is 12.2. The van der Waals surface area contributed by atoms with Gasteiger partial charge < -0.3 is 30.2 Å². The number of ether oxygens (including phenoxy) is 3. The van der Waals surface area contributed by atoms with E-state index in [2.05, 4.69) is 16.0 Å². The van der Waals surface area contributed by atoms with E-state index in [1.807, 2.05) is 95.3 Å². The van der Waals surface area contributed by atoms with Crippen LogP contribution in [-0.2, 0) is 37.0 Å². The van der Waals surface area contributed by atoms with E-state index in [9.17, 15) is 19.2 Å². The number of methoxy groups -OCH3 is 1. The Morgan fingerprint density at radius 2 is 1.44 bits per heavy atom. The Kier molecular flexibility index (Phi) is 14.8. The second-order valence-electron chi connectivity index (χ2n) is 10.7. The number of hydrogen-bond acceptors (Lipinski definition) is 7. The van der Waals surface area contributed by atoms with Gasteiger partial charge in [0.2, 0.25) is 11.8 Å². The first-order valence-electron chi connectivity index (χ1n) is 14.3. The first-order valence-corrected chi connectivity index (χ1v) is 14.3. The van der Waals surface area contributed by atoms with E-state index in [0.29, 0.717) is 6.54 Å². The van der Waals surface area contributed by atoms with Crippen molar-refractivity contribution in [2.24, 2.45) is 11.8 Å². The van der Waals surface area contributed by atoms with Gasteiger partial charge in [0.15, 0.2) is 0 Å². The van der Waals surface area contributed by atoms with Gasteiger partial charge in [0, 0.05) is 26.1 Å². The number of amides is 4. The van der Waals surface area contributed by atoms with Gasteiger partial charge in [-0.2, -0.15) is 0 Å². The average Bonchev–Trinajstić information content (AvgIpc) is 3.00. The van der Waals surface area contributed by atoms with Crippen LogP contribution < -0.4 is 16.0 Å². The van der Waals surface area contributed by atoms with Crippen molar-refractivity contribution in [3.8, 4) is 0 Å². The van der Waals surface area contributed by atoms with Crippen LogP contribution in [-0.4, -0.2) is 60.7 Å². The molecule has 1 heterocycles. The van der Waals surface area contributed by atoms with E-state index in [1.165, 1.54) is 11.1 Å². The number of rotatable bonds is 11. The fourth-order valence-electron chi connectivity index (χ4n) is 3.96. The molecule has 2 aromatic carbocycles. The van der Waals surface area contributed by atoms with E-state index in [1.54, 1.807) is 13.3 Å². The third kappa shape index (κ3) is 12.2. The lowest BCUT2D eigenvalue weighted by molar-refractivity contribution is -0.126. The van der Waals surface area contributed by atoms with Gasteiger partial charge >= 0.3 is 12.2 Å². The van der Waals surface area contributed by atoms with Crippen LogP contribution in [0.5, 0.6) is 0 Å². The Bertz CT molecular complexity index is 1190. The smallest absolute Gasteiger partial charge is 0.414 e. The molecule has 0 fully saturated rings. The monoisotopic (exact) mass is 596 g/mol. The molecule has 0 aliphatic carbocycles. The summed E-state index contributed by atoms with van der Waals surface area (Å²) in [6, 6.07) is 17.6. The fourth-order valence-corrected chi connectivity index (χ4v) is 3.96. The summed E-state index contributed by atoms with van der Waals surface area (Å²) < 4.78 is 15.5. The minimum absolute atomic E-state index is 0.00391. The molecule has 4 amide bonds. The molecule has 0 saturated heterocycles. The highest BCUT2D eigenvalue weighted by Crippen LogP contribution is 2.17. The molecule has 1 aliphatic heterocycles. The highest BCUT2D eigenvalue weighted by atomic mass is 16.6. The molecule has 234 valence electrons. The molecule has 3 N–H and O–H groups in total. The van der Waals surface area contributed by atoms with Crippen LogP contribution in [0, 0.1) is 11.8 Å². The number of benzene rings is 2. The summed E-state index contributed by atoms with van der Waals surface area (Å²) in [5, 5.41) is 7.98. The van der Waals surface area contributed by atoms with Gasteiger partial charge in [-0.1, -0.05) is 88.4 Å². The topological polar surface area (TPSA) is 135 Å². The molecule has 0 spiro atoms. The van der Waals surface area contributed by atoms with Crippen molar-refractivity contribution in [3.05, 3.63) is 84.2 Å². The maximum atomic E-state index is 12.2. The fraction of sp³-hybridized carbons (Fsp3) is 0.438. The third-order valence-corrected chi connectivity index (χ3v) is 6.48. The summed E-state index contributed by atoms with van der Waals surface area (Å²) in [5.74, 6) is -0.499. The van der Waals surface area contributed by atoms with Gasteiger partial charge in [-0.15, -0.1) is 0 Å². The molecule has 11 heteroatoms. The number of carbonyl (C=O) groups excluding carboxylic acids is 4. The molecular formula is C32H44N4O7. The average molecular weight is 597 g/mol. The van der Waals surface area contributed by atoms with E-state index in [4.69, 9.17) is 14.2 Å². The maximum Gasteiger partial charge on any atom is 0.414 e. The van der Waals surface area contributed by atoms with Gasteiger partial charge in [-0.3, -0.25) is 14.5 Å². The highest BCUT2D eigenvalue weighted by molar-refractivity contribution is 5.88. The standard InChI is InChI=1S/C17H26N2O4.C15H18N2O3/c1-12(2)15(16(20)18-10-13(3)22-4)19-17(21)23-11-14-8-6-5-7-9-14;1-11(2)13-14(18)16-8-9-17(13)15(19)20-10-12-6-4-3-5-7-12/h5-9,12-13,15H,10-11H2,1-4H3,(H,18,20)(H,19,21);3-9,11,13H,10H2,1-2H3,(H,16,18)/t13?,15-;13-/m11/s1. The van der Waals surface area contributed by atoms with Crippen molar-refractivity contribution in [3.63, 3.8) is 0 Å². The Balaban J connectivity index is 0.000000303. The van der Waals surface area contributed by atoms with Crippen molar-refractivity contribution in [2.75, 3.05) is 13.7 Å². The van der Waals surface area contributed by atoms with Crippen LogP contribution in [0.25, 0.3) is 0 Å². The molecule has 0 saturated carbocycles. The van der Waals surface area contributed by atoms with Gasteiger partial charge in [0.05, 0.1) is 6.10 Å². The Hall–Kier alpha value is -4.38. The normalized spacial score (nSPS) is 15.5. The molecule has 3 rings (SSSR count). The minimum atomic E-state index is -0.651. The summed E-state index contributed by atoms with van der Waals surface area (Å²) in [4.78, 5) is 49.3. The van der Waals surface area contributed by atoms with Crippen LogP contribution in [0.2, 0.25) is 0 Å². The predicted molar refractivity (Wildman–Crippen MR) is 162 cm³/mol. The highest BCUT2D eigenvalue weighted by Gasteiger charge is 2.34. The van der Waals surface area contributed by atoms with Crippen molar-refractivity contribution in [1.29, 1.82) is 0 Å². The molecule has 0 bridgehead atoms. The minimum Gasteiger partial charge on any atom is -0.445 e. The van der Waals surface area contributed by atoms with E-state index in [0.717, 1.165) is 11.1 Å². The Labute approximate surface area is 253 Å². The second-order valence-corrected chi connectivity index (χ2v) is 10.7. The summed E-state index contributed by atoms with van der Waals surface area (Å²) in [5.41, 5.74) is 1.80. The van der Waals surface area contributed by atoms with Crippen LogP contribution >= 0.6 is 0 Å². The Morgan fingerprint density at radius 3 is 1.95 bits per heavy atom. The third-order valence-electron chi connectivity index (χ3n) is 6.48. The van der Waals surface area contributed by atoms with Crippen LogP contribution in [0.3, 0.4) is 0 Å². The first kappa shape index (κ1) is 34.8. The summed E-state index contributed by atoms with van der Waals surface area (Å²) in [7, 11) is 1.58. The number of nitrogens with zero attached hydrogens (tertiary/aromatic N) is 1. The number of carbonyl (C=O) groups is 4. The predicted octanol–water partition coefficient (Wildman–Crippen LogP) is 4.34. The zero-order valence-electron chi connectivity index (χ0n) is 25.7. The molecular weight excluding hydrogens is 552 g/mol. The lowest BCUT2D eigenvalue weighted by atomic mass is 10.0. The quantitative estimate of drug-likeness (QED) is 0.351. The summed E-state index contributed by atoms with van der Waals surface area (Å²) in [6.07, 6.45) is 1.78. The van der Waals surface area contributed by atoms with Crippen LogP contribution in [0.1, 0.15) is 45.7 Å². The number of alkyl carbamates (subject to hydrolysis) is 1. The van der Waals surface area contributed by atoms with E-state index in [-0.39, 0.29) is 43.0 Å². The van der Waals surface area contributed by atoms with Crippen molar-refractivity contribution in [1.82, 2.24) is 20.9 Å². The number of hydrogen-bond donors (Lipinski definition) is 3. The molecule has 2 aromatic rings. The molecule has 3 atom stereocenters. The molecule has 1 unspecified atom stereocenters. The molecule has 0 radical (unpaired) electrons.